The average Bonchev–Trinajstić information content (AvgIpc) is 2.43. The van der Waals surface area contributed by atoms with E-state index in [0.29, 0.717) is 22.0 Å². The van der Waals surface area contributed by atoms with Crippen molar-refractivity contribution in [1.82, 2.24) is 0 Å². The number of nitrogens with one attached hydrogen (secondary N) is 1. The summed E-state index contributed by atoms with van der Waals surface area (Å²) in [5.74, 6) is -0.633. The summed E-state index contributed by atoms with van der Waals surface area (Å²) in [5, 5.41) is 3.59. The number of hydrogen-bond acceptors (Lipinski definition) is 2. The Balaban J connectivity index is 2.11. The van der Waals surface area contributed by atoms with E-state index >= 15 is 0 Å². The predicted molar refractivity (Wildman–Crippen MR) is 84.6 cm³/mol. The Morgan fingerprint density at radius 1 is 1.14 bits per heavy atom. The van der Waals surface area contributed by atoms with E-state index in [1.165, 1.54) is 18.2 Å². The summed E-state index contributed by atoms with van der Waals surface area (Å²) in [4.78, 5) is 12.0. The number of allylic oxidation sites excluding steroid dienone is 2. The van der Waals surface area contributed by atoms with Gasteiger partial charge >= 0.3 is 0 Å². The fraction of sp³-hybridized carbons (Fsp3) is 0.0625. The quantitative estimate of drug-likeness (QED) is 0.608. The van der Waals surface area contributed by atoms with Crippen LogP contribution in [0, 0.1) is 5.82 Å². The molecule has 0 spiro atoms. The molecule has 2 rings (SSSR count). The largest absolute Gasteiger partial charge is 0.359 e. The summed E-state index contributed by atoms with van der Waals surface area (Å²) in [6, 6.07) is 10.9. The van der Waals surface area contributed by atoms with E-state index in [1.807, 2.05) is 0 Å². The summed E-state index contributed by atoms with van der Waals surface area (Å²) >= 11 is 11.5. The van der Waals surface area contributed by atoms with Crippen LogP contribution in [0.2, 0.25) is 10.0 Å². The fourth-order valence-electron chi connectivity index (χ4n) is 1.73. The average molecular weight is 324 g/mol. The highest BCUT2D eigenvalue weighted by atomic mass is 35.5. The Morgan fingerprint density at radius 3 is 2.43 bits per heavy atom. The van der Waals surface area contributed by atoms with Gasteiger partial charge in [-0.2, -0.15) is 0 Å². The molecular weight excluding hydrogens is 312 g/mol. The maximum atomic E-state index is 13.1. The predicted octanol–water partition coefficient (Wildman–Crippen LogP) is 5.33. The maximum absolute atomic E-state index is 13.1. The molecule has 2 nitrogen and oxygen atoms in total. The van der Waals surface area contributed by atoms with Crippen LogP contribution < -0.4 is 5.32 Å². The van der Waals surface area contributed by atoms with E-state index in [-0.39, 0.29) is 10.8 Å². The van der Waals surface area contributed by atoms with Gasteiger partial charge in [0.25, 0.3) is 0 Å². The highest BCUT2D eigenvalue weighted by molar-refractivity contribution is 6.31. The van der Waals surface area contributed by atoms with Gasteiger partial charge in [-0.3, -0.25) is 4.79 Å². The van der Waals surface area contributed by atoms with Crippen molar-refractivity contribution in [3.8, 4) is 0 Å². The number of benzene rings is 2. The van der Waals surface area contributed by atoms with Gasteiger partial charge in [-0.25, -0.2) is 4.39 Å². The molecule has 0 atom stereocenters. The van der Waals surface area contributed by atoms with E-state index < -0.39 is 5.82 Å². The smallest absolute Gasteiger partial charge is 0.187 e. The van der Waals surface area contributed by atoms with Crippen molar-refractivity contribution >= 4 is 34.7 Å². The lowest BCUT2D eigenvalue weighted by Gasteiger charge is -2.07. The number of anilines is 1. The third-order valence-corrected chi connectivity index (χ3v) is 3.28. The van der Waals surface area contributed by atoms with Crippen molar-refractivity contribution in [2.45, 2.75) is 6.92 Å². The molecule has 2 aromatic carbocycles. The van der Waals surface area contributed by atoms with Gasteiger partial charge in [0.2, 0.25) is 0 Å². The molecule has 0 saturated heterocycles. The van der Waals surface area contributed by atoms with Crippen LogP contribution in [0.15, 0.2) is 54.2 Å². The van der Waals surface area contributed by atoms with E-state index in [2.05, 4.69) is 5.32 Å². The zero-order valence-electron chi connectivity index (χ0n) is 11.2. The Hall–Kier alpha value is -1.84. The van der Waals surface area contributed by atoms with Gasteiger partial charge < -0.3 is 5.32 Å². The van der Waals surface area contributed by atoms with Crippen molar-refractivity contribution in [2.24, 2.45) is 0 Å². The third-order valence-electron chi connectivity index (χ3n) is 2.74. The van der Waals surface area contributed by atoms with Gasteiger partial charge in [-0.1, -0.05) is 23.2 Å². The molecule has 108 valence electrons. The first-order valence-corrected chi connectivity index (χ1v) is 6.91. The first-order valence-electron chi connectivity index (χ1n) is 6.16. The zero-order chi connectivity index (χ0) is 15.4. The Labute approximate surface area is 132 Å². The molecule has 5 heteroatoms. The number of carbonyl (C=O) groups excluding carboxylic acids is 1. The molecule has 0 unspecified atom stereocenters. The number of halogens is 3. The molecule has 1 N–H and O–H groups in total. The summed E-state index contributed by atoms with van der Waals surface area (Å²) in [5.41, 5.74) is 1.77. The number of rotatable bonds is 4. The van der Waals surface area contributed by atoms with Crippen LogP contribution in [-0.4, -0.2) is 5.78 Å². The summed E-state index contributed by atoms with van der Waals surface area (Å²) in [6.07, 6.45) is 1.46. The van der Waals surface area contributed by atoms with Crippen molar-refractivity contribution < 1.29 is 9.18 Å². The highest BCUT2D eigenvalue weighted by Gasteiger charge is 2.04. The van der Waals surface area contributed by atoms with Crippen molar-refractivity contribution in [1.29, 1.82) is 0 Å². The summed E-state index contributed by atoms with van der Waals surface area (Å²) in [7, 11) is 0. The van der Waals surface area contributed by atoms with Gasteiger partial charge in [0, 0.05) is 28.0 Å². The number of hydrogen-bond donors (Lipinski definition) is 1. The summed E-state index contributed by atoms with van der Waals surface area (Å²) in [6.45, 7) is 1.74. The van der Waals surface area contributed by atoms with Gasteiger partial charge in [0.15, 0.2) is 5.78 Å². The molecule has 0 aliphatic heterocycles. The molecule has 0 aliphatic rings. The Bertz CT molecular complexity index is 696. The number of ketones is 1. The van der Waals surface area contributed by atoms with Crippen LogP contribution in [0.4, 0.5) is 10.1 Å². The summed E-state index contributed by atoms with van der Waals surface area (Å²) < 4.78 is 13.1. The molecule has 0 amide bonds. The molecule has 0 aromatic heterocycles. The van der Waals surface area contributed by atoms with E-state index in [0.717, 1.165) is 0 Å². The van der Waals surface area contributed by atoms with E-state index in [4.69, 9.17) is 23.2 Å². The van der Waals surface area contributed by atoms with Crippen molar-refractivity contribution in [2.75, 3.05) is 5.32 Å². The molecule has 0 radical (unpaired) electrons. The van der Waals surface area contributed by atoms with Gasteiger partial charge in [0.1, 0.15) is 5.82 Å². The minimum absolute atomic E-state index is 0.0248. The first kappa shape index (κ1) is 15.5. The van der Waals surface area contributed by atoms with Crippen LogP contribution in [-0.2, 0) is 0 Å². The minimum atomic E-state index is -0.485. The SMILES string of the molecule is C/C(=C\C(=O)c1ccc(Cl)cc1)Nc1ccc(F)c(Cl)c1. The first-order chi connectivity index (χ1) is 9.95. The monoisotopic (exact) mass is 323 g/mol. The highest BCUT2D eigenvalue weighted by Crippen LogP contribution is 2.20. The molecule has 21 heavy (non-hydrogen) atoms. The molecule has 0 heterocycles. The third kappa shape index (κ3) is 4.31. The molecule has 2 aromatic rings. The molecule has 0 saturated carbocycles. The second-order valence-electron chi connectivity index (χ2n) is 4.45. The van der Waals surface area contributed by atoms with Crippen LogP contribution in [0.3, 0.4) is 0 Å². The lowest BCUT2D eigenvalue weighted by atomic mass is 10.1. The van der Waals surface area contributed by atoms with Gasteiger partial charge in [-0.05, 0) is 49.4 Å². The number of carbonyl (C=O) groups is 1. The lowest BCUT2D eigenvalue weighted by molar-refractivity contribution is 0.104. The van der Waals surface area contributed by atoms with E-state index in [1.54, 1.807) is 37.3 Å². The lowest BCUT2D eigenvalue weighted by Crippen LogP contribution is -2.01. The van der Waals surface area contributed by atoms with Gasteiger partial charge in [-0.15, -0.1) is 0 Å². The van der Waals surface area contributed by atoms with E-state index in [9.17, 15) is 9.18 Å². The topological polar surface area (TPSA) is 29.1 Å². The standard InChI is InChI=1S/C16H12Cl2FNO/c1-10(20-13-6-7-15(19)14(18)9-13)8-16(21)11-2-4-12(17)5-3-11/h2-9,20H,1H3/b10-8+. The Morgan fingerprint density at radius 2 is 1.81 bits per heavy atom. The molecular formula is C16H12Cl2FNO. The fourth-order valence-corrected chi connectivity index (χ4v) is 2.04. The van der Waals surface area contributed by atoms with Crippen LogP contribution in [0.5, 0.6) is 0 Å². The minimum Gasteiger partial charge on any atom is -0.359 e. The second-order valence-corrected chi connectivity index (χ2v) is 5.30. The molecule has 0 bridgehead atoms. The Kier molecular flexibility index (Phi) is 4.99. The van der Waals surface area contributed by atoms with Crippen LogP contribution >= 0.6 is 23.2 Å². The van der Waals surface area contributed by atoms with Crippen LogP contribution in [0.25, 0.3) is 0 Å². The van der Waals surface area contributed by atoms with Gasteiger partial charge in [0.05, 0.1) is 5.02 Å². The zero-order valence-corrected chi connectivity index (χ0v) is 12.7. The normalized spacial score (nSPS) is 11.3. The van der Waals surface area contributed by atoms with Crippen molar-refractivity contribution in [3.63, 3.8) is 0 Å². The van der Waals surface area contributed by atoms with Crippen molar-refractivity contribution in [3.05, 3.63) is 75.7 Å². The second kappa shape index (κ2) is 6.74. The molecule has 0 aliphatic carbocycles. The molecule has 0 fully saturated rings. The maximum Gasteiger partial charge on any atom is 0.187 e. The van der Waals surface area contributed by atoms with Crippen LogP contribution in [0.1, 0.15) is 17.3 Å².